The lowest BCUT2D eigenvalue weighted by Crippen LogP contribution is -2.15. The van der Waals surface area contributed by atoms with Crippen LogP contribution in [-0.4, -0.2) is 16.3 Å². The lowest BCUT2D eigenvalue weighted by molar-refractivity contribution is 0.625. The first-order valence-corrected chi connectivity index (χ1v) is 7.07. The Morgan fingerprint density at radius 1 is 1.25 bits per heavy atom. The minimum absolute atomic E-state index is 0.211. The fourth-order valence-electron chi connectivity index (χ4n) is 2.41. The maximum absolute atomic E-state index is 13.2. The Bertz CT molecular complexity index is 602. The summed E-state index contributed by atoms with van der Waals surface area (Å²) in [6.07, 6.45) is 1.11. The molecule has 2 aromatic rings. The summed E-state index contributed by atoms with van der Waals surface area (Å²) in [6, 6.07) is 4.81. The molecule has 0 fully saturated rings. The molecule has 0 radical (unpaired) electrons. The highest BCUT2D eigenvalue weighted by atomic mass is 19.1. The van der Waals surface area contributed by atoms with Crippen LogP contribution < -0.4 is 5.32 Å². The summed E-state index contributed by atoms with van der Waals surface area (Å²) in [5.74, 6) is -0.211. The first kappa shape index (κ1) is 14.7. The summed E-state index contributed by atoms with van der Waals surface area (Å²) >= 11 is 0. The third-order valence-electron chi connectivity index (χ3n) is 3.56. The van der Waals surface area contributed by atoms with Crippen molar-refractivity contribution in [2.45, 2.75) is 40.7 Å². The van der Waals surface area contributed by atoms with Gasteiger partial charge in [0.2, 0.25) is 0 Å². The van der Waals surface area contributed by atoms with Crippen LogP contribution in [0.3, 0.4) is 0 Å². The van der Waals surface area contributed by atoms with Crippen molar-refractivity contribution in [2.24, 2.45) is 0 Å². The van der Waals surface area contributed by atoms with Gasteiger partial charge >= 0.3 is 0 Å². The summed E-state index contributed by atoms with van der Waals surface area (Å²) in [5.41, 5.74) is 5.19. The third kappa shape index (κ3) is 2.90. The maximum atomic E-state index is 13.2. The number of hydrogen-bond acceptors (Lipinski definition) is 2. The number of rotatable bonds is 5. The van der Waals surface area contributed by atoms with E-state index in [1.807, 2.05) is 18.5 Å². The van der Waals surface area contributed by atoms with E-state index in [0.717, 1.165) is 42.1 Å². The molecule has 0 atom stereocenters. The Morgan fingerprint density at radius 2 is 2.00 bits per heavy atom. The van der Waals surface area contributed by atoms with Crippen molar-refractivity contribution in [1.82, 2.24) is 15.1 Å². The molecule has 0 bridgehead atoms. The lowest BCUT2D eigenvalue weighted by atomic mass is 10.1. The Kier molecular flexibility index (Phi) is 4.55. The quantitative estimate of drug-likeness (QED) is 0.847. The molecule has 0 amide bonds. The van der Waals surface area contributed by atoms with Crippen molar-refractivity contribution in [1.29, 1.82) is 0 Å². The molecule has 4 heteroatoms. The number of benzene rings is 1. The number of halogens is 1. The minimum Gasteiger partial charge on any atom is -0.313 e. The molecule has 1 heterocycles. The van der Waals surface area contributed by atoms with E-state index in [-0.39, 0.29) is 5.82 Å². The van der Waals surface area contributed by atoms with Crippen LogP contribution in [0, 0.1) is 26.6 Å². The molecule has 0 saturated heterocycles. The van der Waals surface area contributed by atoms with Crippen molar-refractivity contribution in [3.8, 4) is 5.69 Å². The summed E-state index contributed by atoms with van der Waals surface area (Å²) in [7, 11) is 0. The first-order chi connectivity index (χ1) is 9.54. The largest absolute Gasteiger partial charge is 0.313 e. The Labute approximate surface area is 119 Å². The van der Waals surface area contributed by atoms with Gasteiger partial charge in [0.15, 0.2) is 0 Å². The molecule has 2 rings (SSSR count). The zero-order valence-electron chi connectivity index (χ0n) is 12.6. The summed E-state index contributed by atoms with van der Waals surface area (Å²) < 4.78 is 15.1. The fraction of sp³-hybridized carbons (Fsp3) is 0.438. The maximum Gasteiger partial charge on any atom is 0.123 e. The highest BCUT2D eigenvalue weighted by Gasteiger charge is 2.13. The molecule has 108 valence electrons. The van der Waals surface area contributed by atoms with Crippen molar-refractivity contribution in [3.63, 3.8) is 0 Å². The van der Waals surface area contributed by atoms with Crippen LogP contribution in [-0.2, 0) is 6.54 Å². The van der Waals surface area contributed by atoms with E-state index in [0.29, 0.717) is 0 Å². The third-order valence-corrected chi connectivity index (χ3v) is 3.56. The lowest BCUT2D eigenvalue weighted by Gasteiger charge is -2.09. The normalized spacial score (nSPS) is 11.1. The Balaban J connectivity index is 2.35. The van der Waals surface area contributed by atoms with Crippen molar-refractivity contribution in [3.05, 3.63) is 46.5 Å². The second-order valence-corrected chi connectivity index (χ2v) is 5.17. The smallest absolute Gasteiger partial charge is 0.123 e. The molecule has 0 aliphatic heterocycles. The van der Waals surface area contributed by atoms with Crippen molar-refractivity contribution in [2.75, 3.05) is 6.54 Å². The number of nitrogens with zero attached hydrogens (tertiary/aromatic N) is 2. The van der Waals surface area contributed by atoms with Crippen molar-refractivity contribution >= 4 is 0 Å². The minimum atomic E-state index is -0.211. The van der Waals surface area contributed by atoms with Crippen molar-refractivity contribution < 1.29 is 4.39 Å². The van der Waals surface area contributed by atoms with Gasteiger partial charge in [-0.1, -0.05) is 6.92 Å². The van der Waals surface area contributed by atoms with E-state index in [1.54, 1.807) is 12.1 Å². The Morgan fingerprint density at radius 3 is 2.65 bits per heavy atom. The van der Waals surface area contributed by atoms with Gasteiger partial charge in [-0.3, -0.25) is 0 Å². The van der Waals surface area contributed by atoms with Gasteiger partial charge in [-0.25, -0.2) is 9.07 Å². The van der Waals surface area contributed by atoms with Crippen LogP contribution in [0.2, 0.25) is 0 Å². The second kappa shape index (κ2) is 6.18. The molecule has 0 aliphatic carbocycles. The van der Waals surface area contributed by atoms with Crippen LogP contribution in [0.4, 0.5) is 4.39 Å². The van der Waals surface area contributed by atoms with Gasteiger partial charge in [0.1, 0.15) is 5.82 Å². The average molecular weight is 275 g/mol. The summed E-state index contributed by atoms with van der Waals surface area (Å²) in [4.78, 5) is 0. The standard InChI is InChI=1S/C16H22FN3/c1-5-8-18-10-15-12(3)19-20(13(15)4)16-7-6-14(17)9-11(16)2/h6-7,9,18H,5,8,10H2,1-4H3. The van der Waals surface area contributed by atoms with Crippen LogP contribution in [0.1, 0.15) is 35.9 Å². The zero-order chi connectivity index (χ0) is 14.7. The van der Waals surface area contributed by atoms with E-state index in [2.05, 4.69) is 24.3 Å². The molecule has 3 nitrogen and oxygen atoms in total. The van der Waals surface area contributed by atoms with Gasteiger partial charge in [0.25, 0.3) is 0 Å². The summed E-state index contributed by atoms with van der Waals surface area (Å²) in [5, 5.41) is 8.01. The highest BCUT2D eigenvalue weighted by molar-refractivity contribution is 5.43. The van der Waals surface area contributed by atoms with Gasteiger partial charge in [-0.05, 0) is 57.5 Å². The van der Waals surface area contributed by atoms with Gasteiger partial charge in [0, 0.05) is 17.8 Å². The van der Waals surface area contributed by atoms with E-state index >= 15 is 0 Å². The van der Waals surface area contributed by atoms with Crippen LogP contribution in [0.5, 0.6) is 0 Å². The Hall–Kier alpha value is -1.68. The van der Waals surface area contributed by atoms with Crippen LogP contribution >= 0.6 is 0 Å². The van der Waals surface area contributed by atoms with Gasteiger partial charge in [-0.15, -0.1) is 0 Å². The molecule has 0 spiro atoms. The molecular formula is C16H22FN3. The SMILES string of the molecule is CCCNCc1c(C)nn(-c2ccc(F)cc2C)c1C. The predicted molar refractivity (Wildman–Crippen MR) is 79.7 cm³/mol. The van der Waals surface area contributed by atoms with E-state index in [4.69, 9.17) is 0 Å². The van der Waals surface area contributed by atoms with Gasteiger partial charge in [-0.2, -0.15) is 5.10 Å². The number of aryl methyl sites for hydroxylation is 2. The fourth-order valence-corrected chi connectivity index (χ4v) is 2.41. The van der Waals surface area contributed by atoms with Gasteiger partial charge in [0.05, 0.1) is 11.4 Å². The number of aromatic nitrogens is 2. The average Bonchev–Trinajstić information content (AvgIpc) is 2.67. The molecule has 20 heavy (non-hydrogen) atoms. The monoisotopic (exact) mass is 275 g/mol. The molecule has 0 aliphatic rings. The molecule has 0 unspecified atom stereocenters. The predicted octanol–water partition coefficient (Wildman–Crippen LogP) is 3.44. The van der Waals surface area contributed by atoms with Gasteiger partial charge < -0.3 is 5.32 Å². The molecule has 1 aromatic carbocycles. The molecular weight excluding hydrogens is 253 g/mol. The molecule has 1 aromatic heterocycles. The molecule has 0 saturated carbocycles. The highest BCUT2D eigenvalue weighted by Crippen LogP contribution is 2.21. The second-order valence-electron chi connectivity index (χ2n) is 5.17. The first-order valence-electron chi connectivity index (χ1n) is 7.07. The van der Waals surface area contributed by atoms with Crippen LogP contribution in [0.25, 0.3) is 5.69 Å². The van der Waals surface area contributed by atoms with E-state index in [9.17, 15) is 4.39 Å². The summed E-state index contributed by atoms with van der Waals surface area (Å²) in [6.45, 7) is 9.96. The topological polar surface area (TPSA) is 29.9 Å². The zero-order valence-corrected chi connectivity index (χ0v) is 12.6. The van der Waals surface area contributed by atoms with Crippen LogP contribution in [0.15, 0.2) is 18.2 Å². The number of nitrogens with one attached hydrogen (secondary N) is 1. The number of hydrogen-bond donors (Lipinski definition) is 1. The van der Waals surface area contributed by atoms with E-state index in [1.165, 1.54) is 11.6 Å². The molecule has 1 N–H and O–H groups in total. The van der Waals surface area contributed by atoms with E-state index < -0.39 is 0 Å².